The van der Waals surface area contributed by atoms with Crippen molar-refractivity contribution in [3.8, 4) is 0 Å². The lowest BCUT2D eigenvalue weighted by Crippen LogP contribution is -2.36. The molecule has 0 fully saturated rings. The minimum Gasteiger partial charge on any atom is -0.350 e. The summed E-state index contributed by atoms with van der Waals surface area (Å²) in [5, 5.41) is 3.18. The molecule has 3 aromatic rings. The first-order chi connectivity index (χ1) is 11.6. The zero-order valence-electron chi connectivity index (χ0n) is 13.2. The van der Waals surface area contributed by atoms with Crippen LogP contribution in [0.5, 0.6) is 0 Å². The van der Waals surface area contributed by atoms with Crippen LogP contribution in [-0.4, -0.2) is 15.5 Å². The maximum Gasteiger partial charge on any atom is 0.329 e. The predicted molar refractivity (Wildman–Crippen MR) is 91.9 cm³/mol. The van der Waals surface area contributed by atoms with Crippen molar-refractivity contribution < 1.29 is 4.79 Å². The summed E-state index contributed by atoms with van der Waals surface area (Å²) in [5.41, 5.74) is 1.50. The Morgan fingerprint density at radius 1 is 1.08 bits per heavy atom. The molecule has 24 heavy (non-hydrogen) atoms. The van der Waals surface area contributed by atoms with Gasteiger partial charge in [-0.1, -0.05) is 36.4 Å². The summed E-state index contributed by atoms with van der Waals surface area (Å²) in [6.07, 6.45) is 0. The Kier molecular flexibility index (Phi) is 4.29. The van der Waals surface area contributed by atoms with Crippen molar-refractivity contribution >= 4 is 16.8 Å². The molecule has 0 aliphatic rings. The van der Waals surface area contributed by atoms with Crippen molar-refractivity contribution in [3.63, 3.8) is 0 Å². The first kappa shape index (κ1) is 15.7. The van der Waals surface area contributed by atoms with Crippen molar-refractivity contribution in [2.75, 3.05) is 0 Å². The molecule has 0 bridgehead atoms. The molecule has 2 aromatic carbocycles. The summed E-state index contributed by atoms with van der Waals surface area (Å²) >= 11 is 0. The molecule has 6 nitrogen and oxygen atoms in total. The number of carbonyl (C=O) groups is 1. The standard InChI is InChI=1S/C18H17N3O3/c1-12-6-2-3-7-13(12)10-19-16(22)11-21-15-9-5-4-8-14(15)17(23)20-18(21)24/h2-9H,10-11H2,1H3,(H,19,22)(H,20,23,24). The van der Waals surface area contributed by atoms with E-state index in [0.717, 1.165) is 11.1 Å². The van der Waals surface area contributed by atoms with E-state index >= 15 is 0 Å². The molecule has 0 saturated heterocycles. The Bertz CT molecular complexity index is 1020. The summed E-state index contributed by atoms with van der Waals surface area (Å²) in [7, 11) is 0. The van der Waals surface area contributed by atoms with Crippen LogP contribution in [0.1, 0.15) is 11.1 Å². The molecule has 6 heteroatoms. The van der Waals surface area contributed by atoms with E-state index < -0.39 is 11.2 Å². The zero-order valence-corrected chi connectivity index (χ0v) is 13.2. The van der Waals surface area contributed by atoms with Crippen LogP contribution in [0, 0.1) is 6.92 Å². The fourth-order valence-electron chi connectivity index (χ4n) is 2.60. The molecule has 3 rings (SSSR count). The maximum absolute atomic E-state index is 12.2. The number of hydrogen-bond acceptors (Lipinski definition) is 3. The lowest BCUT2D eigenvalue weighted by molar-refractivity contribution is -0.121. The van der Waals surface area contributed by atoms with Crippen molar-refractivity contribution in [3.05, 3.63) is 80.5 Å². The van der Waals surface area contributed by atoms with Gasteiger partial charge in [0.15, 0.2) is 0 Å². The number of nitrogens with zero attached hydrogens (tertiary/aromatic N) is 1. The number of aromatic nitrogens is 2. The summed E-state index contributed by atoms with van der Waals surface area (Å²) in [5.74, 6) is -0.294. The molecular formula is C18H17N3O3. The van der Waals surface area contributed by atoms with E-state index in [1.54, 1.807) is 24.3 Å². The van der Waals surface area contributed by atoms with Crippen LogP contribution >= 0.6 is 0 Å². The molecule has 0 atom stereocenters. The molecule has 1 heterocycles. The number of carbonyl (C=O) groups excluding carboxylic acids is 1. The predicted octanol–water partition coefficient (Wildman–Crippen LogP) is 1.31. The lowest BCUT2D eigenvalue weighted by atomic mass is 10.1. The molecule has 0 spiro atoms. The molecule has 0 radical (unpaired) electrons. The Labute approximate surface area is 137 Å². The Morgan fingerprint density at radius 2 is 1.79 bits per heavy atom. The topological polar surface area (TPSA) is 84.0 Å². The SMILES string of the molecule is Cc1ccccc1CNC(=O)Cn1c(=O)[nH]c(=O)c2ccccc21. The van der Waals surface area contributed by atoms with Crippen LogP contribution in [-0.2, 0) is 17.9 Å². The minimum absolute atomic E-state index is 0.151. The fourth-order valence-corrected chi connectivity index (χ4v) is 2.60. The number of amides is 1. The van der Waals surface area contributed by atoms with Gasteiger partial charge in [0.25, 0.3) is 5.56 Å². The molecule has 1 amide bonds. The average Bonchev–Trinajstić information content (AvgIpc) is 2.58. The van der Waals surface area contributed by atoms with Gasteiger partial charge in [-0.05, 0) is 30.2 Å². The Morgan fingerprint density at radius 3 is 2.58 bits per heavy atom. The van der Waals surface area contributed by atoms with Crippen LogP contribution in [0.4, 0.5) is 0 Å². The fraction of sp³-hybridized carbons (Fsp3) is 0.167. The normalized spacial score (nSPS) is 10.7. The number of fused-ring (bicyclic) bond motifs is 1. The van der Waals surface area contributed by atoms with Gasteiger partial charge in [0.05, 0.1) is 10.9 Å². The minimum atomic E-state index is -0.593. The summed E-state index contributed by atoms with van der Waals surface area (Å²) in [4.78, 5) is 38.3. The van der Waals surface area contributed by atoms with Crippen LogP contribution in [0.15, 0.2) is 58.1 Å². The number of H-pyrrole nitrogens is 1. The van der Waals surface area contributed by atoms with Crippen molar-refractivity contribution in [2.45, 2.75) is 20.0 Å². The highest BCUT2D eigenvalue weighted by molar-refractivity contribution is 5.81. The molecular weight excluding hydrogens is 306 g/mol. The number of nitrogens with one attached hydrogen (secondary N) is 2. The Balaban J connectivity index is 1.83. The zero-order chi connectivity index (χ0) is 17.1. The summed E-state index contributed by atoms with van der Waals surface area (Å²) in [6.45, 7) is 2.21. The van der Waals surface area contributed by atoms with Gasteiger partial charge in [0.2, 0.25) is 5.91 Å². The molecule has 122 valence electrons. The second-order valence-electron chi connectivity index (χ2n) is 5.57. The number of para-hydroxylation sites is 1. The van der Waals surface area contributed by atoms with Crippen molar-refractivity contribution in [2.24, 2.45) is 0 Å². The van der Waals surface area contributed by atoms with Crippen molar-refractivity contribution in [1.29, 1.82) is 0 Å². The maximum atomic E-state index is 12.2. The van der Waals surface area contributed by atoms with E-state index in [9.17, 15) is 14.4 Å². The number of hydrogen-bond donors (Lipinski definition) is 2. The van der Waals surface area contributed by atoms with Crippen LogP contribution in [0.3, 0.4) is 0 Å². The number of benzene rings is 2. The van der Waals surface area contributed by atoms with Gasteiger partial charge in [-0.15, -0.1) is 0 Å². The highest BCUT2D eigenvalue weighted by Crippen LogP contribution is 2.07. The molecule has 1 aromatic heterocycles. The van der Waals surface area contributed by atoms with Gasteiger partial charge in [-0.25, -0.2) is 4.79 Å². The van der Waals surface area contributed by atoms with E-state index in [1.165, 1.54) is 4.57 Å². The van der Waals surface area contributed by atoms with Crippen LogP contribution < -0.4 is 16.6 Å². The molecule has 0 saturated carbocycles. The second-order valence-corrected chi connectivity index (χ2v) is 5.57. The average molecular weight is 323 g/mol. The number of rotatable bonds is 4. The van der Waals surface area contributed by atoms with E-state index in [1.807, 2.05) is 31.2 Å². The largest absolute Gasteiger partial charge is 0.350 e. The molecule has 2 N–H and O–H groups in total. The molecule has 0 aliphatic carbocycles. The highest BCUT2D eigenvalue weighted by Gasteiger charge is 2.10. The van der Waals surface area contributed by atoms with Crippen LogP contribution in [0.25, 0.3) is 10.9 Å². The van der Waals surface area contributed by atoms with E-state index in [-0.39, 0.29) is 12.5 Å². The first-order valence-electron chi connectivity index (χ1n) is 7.59. The van der Waals surface area contributed by atoms with Gasteiger partial charge in [0, 0.05) is 6.54 Å². The van der Waals surface area contributed by atoms with Gasteiger partial charge < -0.3 is 5.32 Å². The number of aromatic amines is 1. The van der Waals surface area contributed by atoms with Crippen LogP contribution in [0.2, 0.25) is 0 Å². The Hall–Kier alpha value is -3.15. The van der Waals surface area contributed by atoms with E-state index in [2.05, 4.69) is 10.3 Å². The third kappa shape index (κ3) is 3.12. The van der Waals surface area contributed by atoms with E-state index in [0.29, 0.717) is 17.4 Å². The van der Waals surface area contributed by atoms with E-state index in [4.69, 9.17) is 0 Å². The second kappa shape index (κ2) is 6.54. The third-order valence-corrected chi connectivity index (χ3v) is 3.94. The monoisotopic (exact) mass is 323 g/mol. The van der Waals surface area contributed by atoms with Gasteiger partial charge >= 0.3 is 5.69 Å². The quantitative estimate of drug-likeness (QED) is 0.759. The third-order valence-electron chi connectivity index (χ3n) is 3.94. The van der Waals surface area contributed by atoms with Gasteiger partial charge in [0.1, 0.15) is 6.54 Å². The van der Waals surface area contributed by atoms with Crippen molar-refractivity contribution in [1.82, 2.24) is 14.9 Å². The summed E-state index contributed by atoms with van der Waals surface area (Å²) in [6, 6.07) is 14.5. The lowest BCUT2D eigenvalue weighted by Gasteiger charge is -2.11. The molecule has 0 aliphatic heterocycles. The smallest absolute Gasteiger partial charge is 0.329 e. The molecule has 0 unspecified atom stereocenters. The number of aryl methyl sites for hydroxylation is 1. The van der Waals surface area contributed by atoms with Gasteiger partial charge in [-0.3, -0.25) is 19.1 Å². The van der Waals surface area contributed by atoms with Gasteiger partial charge in [-0.2, -0.15) is 0 Å². The summed E-state index contributed by atoms with van der Waals surface area (Å²) < 4.78 is 1.27. The first-order valence-corrected chi connectivity index (χ1v) is 7.59. The highest BCUT2D eigenvalue weighted by atomic mass is 16.2.